The zero-order valence-corrected chi connectivity index (χ0v) is 10.9. The smallest absolute Gasteiger partial charge is 0.334 e. The fraction of sp³-hybridized carbons (Fsp3) is 0.462. The van der Waals surface area contributed by atoms with Gasteiger partial charge in [-0.3, -0.25) is 9.78 Å². The number of carbonyl (C=O) groups excluding carboxylic acids is 1. The van der Waals surface area contributed by atoms with Crippen LogP contribution in [-0.4, -0.2) is 52.2 Å². The van der Waals surface area contributed by atoms with Gasteiger partial charge < -0.3 is 14.7 Å². The first-order chi connectivity index (χ1) is 8.97. The summed E-state index contributed by atoms with van der Waals surface area (Å²) in [5, 5.41) is 8.99. The van der Waals surface area contributed by atoms with Gasteiger partial charge in [0.25, 0.3) is 5.91 Å². The van der Waals surface area contributed by atoms with Gasteiger partial charge in [0.1, 0.15) is 0 Å². The molecule has 1 aliphatic rings. The van der Waals surface area contributed by atoms with E-state index < -0.39 is 12.1 Å². The van der Waals surface area contributed by atoms with Crippen molar-refractivity contribution >= 4 is 11.9 Å². The van der Waals surface area contributed by atoms with E-state index in [0.29, 0.717) is 12.1 Å². The van der Waals surface area contributed by atoms with E-state index >= 15 is 0 Å². The van der Waals surface area contributed by atoms with Crippen LogP contribution in [0.1, 0.15) is 23.0 Å². The van der Waals surface area contributed by atoms with E-state index in [-0.39, 0.29) is 18.6 Å². The Hall–Kier alpha value is -1.95. The average molecular weight is 264 g/mol. The van der Waals surface area contributed by atoms with E-state index in [1.807, 2.05) is 6.92 Å². The number of hydrogen-bond donors (Lipinski definition) is 1. The average Bonchev–Trinajstić information content (AvgIpc) is 2.38. The molecule has 0 radical (unpaired) electrons. The minimum atomic E-state index is -1.05. The number of hydrogen-bond acceptors (Lipinski definition) is 4. The molecule has 0 spiro atoms. The van der Waals surface area contributed by atoms with Gasteiger partial charge in [0.2, 0.25) is 0 Å². The lowest BCUT2D eigenvalue weighted by Crippen LogP contribution is -2.51. The zero-order valence-electron chi connectivity index (χ0n) is 10.9. The van der Waals surface area contributed by atoms with Crippen LogP contribution in [-0.2, 0) is 9.53 Å². The molecule has 0 bridgehead atoms. The number of aliphatic carboxylic acids is 1. The van der Waals surface area contributed by atoms with E-state index in [4.69, 9.17) is 9.84 Å². The first-order valence-electron chi connectivity index (χ1n) is 6.07. The fourth-order valence-electron chi connectivity index (χ4n) is 2.03. The lowest BCUT2D eigenvalue weighted by Gasteiger charge is -2.34. The molecule has 1 fully saturated rings. The first kappa shape index (κ1) is 13.5. The van der Waals surface area contributed by atoms with Crippen molar-refractivity contribution in [3.63, 3.8) is 0 Å². The largest absolute Gasteiger partial charge is 0.479 e. The molecule has 6 heteroatoms. The number of nitrogens with zero attached hydrogens (tertiary/aromatic N) is 2. The molecule has 0 aliphatic carbocycles. The number of aryl methyl sites for hydroxylation is 1. The van der Waals surface area contributed by atoms with Crippen molar-refractivity contribution in [1.29, 1.82) is 0 Å². The van der Waals surface area contributed by atoms with Gasteiger partial charge >= 0.3 is 5.97 Å². The van der Waals surface area contributed by atoms with Crippen LogP contribution in [0.15, 0.2) is 18.3 Å². The predicted molar refractivity (Wildman–Crippen MR) is 66.8 cm³/mol. The molecule has 0 aromatic carbocycles. The number of amides is 1. The number of rotatable bonds is 2. The second kappa shape index (κ2) is 5.36. The summed E-state index contributed by atoms with van der Waals surface area (Å²) in [7, 11) is 0. The van der Waals surface area contributed by atoms with Crippen LogP contribution in [0.3, 0.4) is 0 Å². The van der Waals surface area contributed by atoms with Gasteiger partial charge in [-0.25, -0.2) is 4.79 Å². The number of morpholine rings is 1. The third kappa shape index (κ3) is 3.08. The number of ether oxygens (including phenoxy) is 1. The van der Waals surface area contributed by atoms with Crippen molar-refractivity contribution in [3.05, 3.63) is 29.6 Å². The monoisotopic (exact) mass is 264 g/mol. The number of carboxylic acid groups (broad SMARTS) is 1. The highest BCUT2D eigenvalue weighted by molar-refractivity contribution is 5.94. The zero-order chi connectivity index (χ0) is 14.0. The molecule has 1 aromatic rings. The van der Waals surface area contributed by atoms with Gasteiger partial charge in [0.15, 0.2) is 6.10 Å². The molecule has 2 atom stereocenters. The van der Waals surface area contributed by atoms with Crippen LogP contribution < -0.4 is 0 Å². The van der Waals surface area contributed by atoms with Gasteiger partial charge in [-0.05, 0) is 26.0 Å². The number of aromatic nitrogens is 1. The summed E-state index contributed by atoms with van der Waals surface area (Å²) in [4.78, 5) is 28.8. The van der Waals surface area contributed by atoms with E-state index in [0.717, 1.165) is 5.69 Å². The molecule has 19 heavy (non-hydrogen) atoms. The van der Waals surface area contributed by atoms with Gasteiger partial charge in [0.05, 0.1) is 18.2 Å². The normalized spacial score (nSPS) is 23.2. The molecule has 1 unspecified atom stereocenters. The minimum Gasteiger partial charge on any atom is -0.479 e. The molecular weight excluding hydrogens is 248 g/mol. The van der Waals surface area contributed by atoms with Crippen molar-refractivity contribution < 1.29 is 19.4 Å². The molecule has 0 saturated carbocycles. The number of carbonyl (C=O) groups is 2. The Bertz CT molecular complexity index is 486. The van der Waals surface area contributed by atoms with E-state index in [1.165, 1.54) is 11.1 Å². The maximum absolute atomic E-state index is 12.3. The Labute approximate surface area is 111 Å². The Morgan fingerprint density at radius 1 is 1.42 bits per heavy atom. The fourth-order valence-corrected chi connectivity index (χ4v) is 2.03. The number of pyridine rings is 1. The summed E-state index contributed by atoms with van der Waals surface area (Å²) in [5.74, 6) is -1.26. The Kier molecular flexibility index (Phi) is 3.80. The van der Waals surface area contributed by atoms with Crippen LogP contribution in [0.25, 0.3) is 0 Å². The summed E-state index contributed by atoms with van der Waals surface area (Å²) >= 11 is 0. The summed E-state index contributed by atoms with van der Waals surface area (Å²) in [6, 6.07) is 3.45. The highest BCUT2D eigenvalue weighted by Gasteiger charge is 2.32. The summed E-state index contributed by atoms with van der Waals surface area (Å²) < 4.78 is 5.27. The van der Waals surface area contributed by atoms with Crippen LogP contribution in [0.4, 0.5) is 0 Å². The lowest BCUT2D eigenvalue weighted by molar-refractivity contribution is -0.160. The third-order valence-corrected chi connectivity index (χ3v) is 2.98. The summed E-state index contributed by atoms with van der Waals surface area (Å²) in [6.07, 6.45) is 0.247. The molecule has 2 heterocycles. The number of carboxylic acids is 1. The van der Waals surface area contributed by atoms with Gasteiger partial charge in [-0.2, -0.15) is 0 Å². The van der Waals surface area contributed by atoms with Crippen molar-refractivity contribution in [2.24, 2.45) is 0 Å². The van der Waals surface area contributed by atoms with E-state index in [2.05, 4.69) is 4.98 Å². The molecule has 2 rings (SSSR count). The Morgan fingerprint density at radius 2 is 2.16 bits per heavy atom. The molecule has 1 saturated heterocycles. The Balaban J connectivity index is 2.14. The first-order valence-corrected chi connectivity index (χ1v) is 6.07. The molecule has 1 N–H and O–H groups in total. The van der Waals surface area contributed by atoms with Crippen LogP contribution in [0, 0.1) is 6.92 Å². The molecule has 6 nitrogen and oxygen atoms in total. The van der Waals surface area contributed by atoms with E-state index in [9.17, 15) is 9.59 Å². The van der Waals surface area contributed by atoms with E-state index in [1.54, 1.807) is 19.1 Å². The molecule has 102 valence electrons. The molecule has 1 amide bonds. The van der Waals surface area contributed by atoms with Crippen molar-refractivity contribution in [3.8, 4) is 0 Å². The van der Waals surface area contributed by atoms with Crippen LogP contribution >= 0.6 is 0 Å². The van der Waals surface area contributed by atoms with Crippen LogP contribution in [0.5, 0.6) is 0 Å². The highest BCUT2D eigenvalue weighted by Crippen LogP contribution is 2.14. The van der Waals surface area contributed by atoms with Crippen LogP contribution in [0.2, 0.25) is 0 Å². The maximum atomic E-state index is 12.3. The second-order valence-electron chi connectivity index (χ2n) is 4.67. The molecule has 1 aromatic heterocycles. The van der Waals surface area contributed by atoms with Gasteiger partial charge in [-0.1, -0.05) is 0 Å². The van der Waals surface area contributed by atoms with Gasteiger partial charge in [-0.15, -0.1) is 0 Å². The highest BCUT2D eigenvalue weighted by atomic mass is 16.5. The molecule has 1 aliphatic heterocycles. The van der Waals surface area contributed by atoms with Crippen molar-refractivity contribution in [2.75, 3.05) is 13.1 Å². The second-order valence-corrected chi connectivity index (χ2v) is 4.67. The Morgan fingerprint density at radius 3 is 2.74 bits per heavy atom. The minimum absolute atomic E-state index is 0.0619. The quantitative estimate of drug-likeness (QED) is 0.850. The van der Waals surface area contributed by atoms with Crippen molar-refractivity contribution in [1.82, 2.24) is 9.88 Å². The topological polar surface area (TPSA) is 79.7 Å². The predicted octanol–water partition coefficient (Wildman–Crippen LogP) is 0.704. The summed E-state index contributed by atoms with van der Waals surface area (Å²) in [5.41, 5.74) is 1.29. The third-order valence-electron chi connectivity index (χ3n) is 2.98. The maximum Gasteiger partial charge on any atom is 0.334 e. The summed E-state index contributed by atoms with van der Waals surface area (Å²) in [6.45, 7) is 4.04. The molecular formula is C13H16N2O4. The lowest BCUT2D eigenvalue weighted by atomic mass is 10.1. The SMILES string of the molecule is Cc1ccc(C(=O)N2CC(C(=O)O)O[C@H](C)C2)cn1. The van der Waals surface area contributed by atoms with Gasteiger partial charge in [0, 0.05) is 18.4 Å². The van der Waals surface area contributed by atoms with Crippen molar-refractivity contribution in [2.45, 2.75) is 26.1 Å². The standard InChI is InChI=1S/C13H16N2O4/c1-8-3-4-10(5-14-8)12(16)15-6-9(2)19-11(7-15)13(17)18/h3-5,9,11H,6-7H2,1-2H3,(H,17,18)/t9-,11?/m1/s1.